The number of fused-ring (bicyclic) bond motifs is 1. The van der Waals surface area contributed by atoms with Crippen LogP contribution in [0.3, 0.4) is 0 Å². The normalized spacial score (nSPS) is 13.0. The van der Waals surface area contributed by atoms with E-state index in [2.05, 4.69) is 6.08 Å². The molecular weight excluding hydrogens is 358 g/mol. The quantitative estimate of drug-likeness (QED) is 0.420. The summed E-state index contributed by atoms with van der Waals surface area (Å²) in [5, 5.41) is 0.990. The molecule has 2 aromatic rings. The summed E-state index contributed by atoms with van der Waals surface area (Å²) >= 11 is 0. The zero-order valence-electron chi connectivity index (χ0n) is 17.7. The summed E-state index contributed by atoms with van der Waals surface area (Å²) in [4.78, 5) is 12.4. The molecule has 0 amide bonds. The fourth-order valence-corrected chi connectivity index (χ4v) is 3.60. The van der Waals surface area contributed by atoms with Gasteiger partial charge in [0.05, 0.1) is 5.39 Å². The highest BCUT2D eigenvalue weighted by Crippen LogP contribution is 2.39. The number of hydrogen-bond donors (Lipinski definition) is 0. The standard InChI is InChI=1S/C24H32F2O2/c1-6-7-11-19-21-14-17(4)12-13-20(21)23(27)28-22(19)24(25,26)15-18(5)10-8-9-16(2)3/h9,12-14,18H,6-8,10-11,15H2,1-5H3. The van der Waals surface area contributed by atoms with Crippen LogP contribution < -0.4 is 5.63 Å². The van der Waals surface area contributed by atoms with Gasteiger partial charge in [-0.2, -0.15) is 8.78 Å². The maximum atomic E-state index is 15.2. The van der Waals surface area contributed by atoms with Crippen molar-refractivity contribution < 1.29 is 13.2 Å². The Balaban J connectivity index is 2.45. The van der Waals surface area contributed by atoms with E-state index in [-0.39, 0.29) is 12.3 Å². The summed E-state index contributed by atoms with van der Waals surface area (Å²) in [5.74, 6) is -3.77. The van der Waals surface area contributed by atoms with Crippen LogP contribution in [0.4, 0.5) is 8.78 Å². The highest BCUT2D eigenvalue weighted by molar-refractivity contribution is 5.85. The van der Waals surface area contributed by atoms with Crippen LogP contribution in [0.25, 0.3) is 10.8 Å². The molecule has 0 N–H and O–H groups in total. The topological polar surface area (TPSA) is 30.2 Å². The number of benzene rings is 1. The second-order valence-corrected chi connectivity index (χ2v) is 8.22. The SMILES string of the molecule is CCCCc1c(C(F)(F)CC(C)CCC=C(C)C)oc(=O)c2ccc(C)cc12. The first-order valence-electron chi connectivity index (χ1n) is 10.2. The average molecular weight is 391 g/mol. The van der Waals surface area contributed by atoms with Gasteiger partial charge in [0.2, 0.25) is 0 Å². The van der Waals surface area contributed by atoms with Gasteiger partial charge in [-0.3, -0.25) is 0 Å². The molecule has 1 heterocycles. The van der Waals surface area contributed by atoms with Crippen LogP contribution in [0, 0.1) is 12.8 Å². The first kappa shape index (κ1) is 22.3. The van der Waals surface area contributed by atoms with Gasteiger partial charge in [-0.15, -0.1) is 0 Å². The Hall–Kier alpha value is -1.97. The number of aryl methyl sites for hydroxylation is 2. The predicted molar refractivity (Wildman–Crippen MR) is 112 cm³/mol. The maximum absolute atomic E-state index is 15.2. The maximum Gasteiger partial charge on any atom is 0.344 e. The lowest BCUT2D eigenvalue weighted by Gasteiger charge is -2.22. The third kappa shape index (κ3) is 5.52. The minimum atomic E-state index is -3.16. The summed E-state index contributed by atoms with van der Waals surface area (Å²) in [6, 6.07) is 5.32. The van der Waals surface area contributed by atoms with E-state index in [1.807, 2.05) is 46.8 Å². The molecule has 0 spiro atoms. The van der Waals surface area contributed by atoms with Crippen LogP contribution in [0.2, 0.25) is 0 Å². The Kier molecular flexibility index (Phi) is 7.56. The predicted octanol–water partition coefficient (Wildman–Crippen LogP) is 7.31. The number of allylic oxidation sites excluding steroid dienone is 2. The molecule has 1 atom stereocenters. The van der Waals surface area contributed by atoms with Crippen molar-refractivity contribution >= 4 is 10.8 Å². The zero-order chi connectivity index (χ0) is 20.9. The third-order valence-corrected chi connectivity index (χ3v) is 5.12. The molecule has 0 saturated heterocycles. The highest BCUT2D eigenvalue weighted by Gasteiger charge is 2.39. The van der Waals surface area contributed by atoms with Gasteiger partial charge in [-0.25, -0.2) is 4.79 Å². The molecule has 0 aliphatic rings. The lowest BCUT2D eigenvalue weighted by molar-refractivity contribution is -0.0503. The van der Waals surface area contributed by atoms with Crippen molar-refractivity contribution in [3.63, 3.8) is 0 Å². The summed E-state index contributed by atoms with van der Waals surface area (Å²) in [6.07, 6.45) is 5.36. The number of hydrogen-bond acceptors (Lipinski definition) is 2. The molecule has 0 saturated carbocycles. The molecule has 0 radical (unpaired) electrons. The molecule has 2 nitrogen and oxygen atoms in total. The monoisotopic (exact) mass is 390 g/mol. The minimum absolute atomic E-state index is 0.178. The molecule has 154 valence electrons. The van der Waals surface area contributed by atoms with E-state index in [1.54, 1.807) is 6.07 Å². The van der Waals surface area contributed by atoms with Crippen LogP contribution in [-0.2, 0) is 12.3 Å². The van der Waals surface area contributed by atoms with E-state index >= 15 is 8.78 Å². The summed E-state index contributed by atoms with van der Waals surface area (Å²) in [5.41, 5.74) is 1.95. The fraction of sp³-hybridized carbons (Fsp3) is 0.542. The van der Waals surface area contributed by atoms with E-state index in [9.17, 15) is 4.79 Å². The highest BCUT2D eigenvalue weighted by atomic mass is 19.3. The van der Waals surface area contributed by atoms with Gasteiger partial charge < -0.3 is 4.42 Å². The molecule has 1 unspecified atom stereocenters. The Bertz CT molecular complexity index is 889. The van der Waals surface area contributed by atoms with Gasteiger partial charge in [0.25, 0.3) is 0 Å². The Morgan fingerprint density at radius 3 is 2.61 bits per heavy atom. The molecule has 1 aromatic heterocycles. The number of unbranched alkanes of at least 4 members (excludes halogenated alkanes) is 1. The Morgan fingerprint density at radius 1 is 1.25 bits per heavy atom. The minimum Gasteiger partial charge on any atom is -0.421 e. The van der Waals surface area contributed by atoms with Gasteiger partial charge in [0.1, 0.15) is 0 Å². The van der Waals surface area contributed by atoms with Crippen LogP contribution in [0.15, 0.2) is 39.1 Å². The smallest absolute Gasteiger partial charge is 0.344 e. The number of rotatable bonds is 9. The van der Waals surface area contributed by atoms with Gasteiger partial charge in [0.15, 0.2) is 5.76 Å². The first-order valence-corrected chi connectivity index (χ1v) is 10.2. The zero-order valence-corrected chi connectivity index (χ0v) is 17.7. The third-order valence-electron chi connectivity index (χ3n) is 5.12. The van der Waals surface area contributed by atoms with E-state index in [0.29, 0.717) is 29.2 Å². The number of halogens is 2. The summed E-state index contributed by atoms with van der Waals surface area (Å²) in [6.45, 7) is 9.77. The molecule has 2 rings (SSSR count). The molecule has 0 aliphatic heterocycles. The van der Waals surface area contributed by atoms with Crippen molar-refractivity contribution in [2.24, 2.45) is 5.92 Å². The van der Waals surface area contributed by atoms with Gasteiger partial charge in [0, 0.05) is 12.0 Å². The van der Waals surface area contributed by atoms with Gasteiger partial charge >= 0.3 is 11.5 Å². The number of alkyl halides is 2. The van der Waals surface area contributed by atoms with Crippen molar-refractivity contribution in [1.82, 2.24) is 0 Å². The molecular formula is C24H32F2O2. The van der Waals surface area contributed by atoms with E-state index < -0.39 is 17.3 Å². The second-order valence-electron chi connectivity index (χ2n) is 8.22. The largest absolute Gasteiger partial charge is 0.421 e. The van der Waals surface area contributed by atoms with Crippen molar-refractivity contribution in [2.75, 3.05) is 0 Å². The Labute approximate surface area is 166 Å². The average Bonchev–Trinajstić information content (AvgIpc) is 2.59. The van der Waals surface area contributed by atoms with Gasteiger partial charge in [-0.05, 0) is 63.8 Å². The van der Waals surface area contributed by atoms with Crippen molar-refractivity contribution in [1.29, 1.82) is 0 Å². The van der Waals surface area contributed by atoms with Crippen molar-refractivity contribution in [2.45, 2.75) is 79.1 Å². The molecule has 0 aliphatic carbocycles. The molecule has 1 aromatic carbocycles. The van der Waals surface area contributed by atoms with E-state index in [4.69, 9.17) is 4.42 Å². The second kappa shape index (κ2) is 9.49. The Morgan fingerprint density at radius 2 is 1.96 bits per heavy atom. The molecule has 28 heavy (non-hydrogen) atoms. The van der Waals surface area contributed by atoms with Crippen molar-refractivity contribution in [3.8, 4) is 0 Å². The van der Waals surface area contributed by atoms with Crippen LogP contribution in [0.1, 0.15) is 76.7 Å². The van der Waals surface area contributed by atoms with Gasteiger partial charge in [-0.1, -0.05) is 49.6 Å². The van der Waals surface area contributed by atoms with E-state index in [0.717, 1.165) is 24.8 Å². The first-order chi connectivity index (χ1) is 13.2. The molecule has 0 bridgehead atoms. The molecule has 0 fully saturated rings. The van der Waals surface area contributed by atoms with Crippen LogP contribution in [-0.4, -0.2) is 0 Å². The molecule has 4 heteroatoms. The van der Waals surface area contributed by atoms with Crippen molar-refractivity contribution in [3.05, 3.63) is 57.2 Å². The summed E-state index contributed by atoms with van der Waals surface area (Å²) < 4.78 is 35.7. The fourth-order valence-electron chi connectivity index (χ4n) is 3.60. The summed E-state index contributed by atoms with van der Waals surface area (Å²) in [7, 11) is 0. The van der Waals surface area contributed by atoms with E-state index in [1.165, 1.54) is 5.57 Å². The lowest BCUT2D eigenvalue weighted by atomic mass is 9.91. The van der Waals surface area contributed by atoms with Crippen LogP contribution >= 0.6 is 0 Å². The van der Waals surface area contributed by atoms with Crippen LogP contribution in [0.5, 0.6) is 0 Å². The lowest BCUT2D eigenvalue weighted by Crippen LogP contribution is -2.22.